The van der Waals surface area contributed by atoms with E-state index in [1.165, 1.54) is 11.3 Å². The number of anilines is 1. The Kier molecular flexibility index (Phi) is 5.49. The van der Waals surface area contributed by atoms with E-state index in [2.05, 4.69) is 10.3 Å². The van der Waals surface area contributed by atoms with Crippen molar-refractivity contribution in [3.8, 4) is 11.5 Å². The summed E-state index contributed by atoms with van der Waals surface area (Å²) in [6.07, 6.45) is 1.84. The lowest BCUT2D eigenvalue weighted by Crippen LogP contribution is -2.31. The van der Waals surface area contributed by atoms with Crippen LogP contribution in [0.5, 0.6) is 11.5 Å². The second-order valence-electron chi connectivity index (χ2n) is 5.57. The normalized spacial score (nSPS) is 16.8. The maximum absolute atomic E-state index is 12.2. The molecule has 0 aliphatic carbocycles. The van der Waals surface area contributed by atoms with Gasteiger partial charge in [-0.1, -0.05) is 12.1 Å². The van der Waals surface area contributed by atoms with Gasteiger partial charge in [0.15, 0.2) is 16.6 Å². The molecule has 1 aliphatic rings. The lowest BCUT2D eigenvalue weighted by molar-refractivity contribution is -0.128. The molecular formula is C17H19N3O4S. The number of carbonyl (C=O) groups excluding carboxylic acids is 2. The van der Waals surface area contributed by atoms with Crippen LogP contribution in [0.3, 0.4) is 0 Å². The van der Waals surface area contributed by atoms with Crippen LogP contribution in [0, 0.1) is 5.92 Å². The molecule has 25 heavy (non-hydrogen) atoms. The van der Waals surface area contributed by atoms with E-state index in [0.29, 0.717) is 36.3 Å². The summed E-state index contributed by atoms with van der Waals surface area (Å²) in [4.78, 5) is 30.0. The van der Waals surface area contributed by atoms with Crippen LogP contribution in [0.4, 0.5) is 5.13 Å². The highest BCUT2D eigenvalue weighted by atomic mass is 32.1. The zero-order chi connectivity index (χ0) is 17.6. The highest BCUT2D eigenvalue weighted by Crippen LogP contribution is 2.26. The van der Waals surface area contributed by atoms with Crippen molar-refractivity contribution in [3.63, 3.8) is 0 Å². The quantitative estimate of drug-likeness (QED) is 0.816. The Balaban J connectivity index is 1.49. The number of hydrogen-bond acceptors (Lipinski definition) is 6. The van der Waals surface area contributed by atoms with Crippen molar-refractivity contribution >= 4 is 28.3 Å². The summed E-state index contributed by atoms with van der Waals surface area (Å²) in [5, 5.41) is 5.08. The highest BCUT2D eigenvalue weighted by molar-refractivity contribution is 7.13. The number of para-hydroxylation sites is 2. The van der Waals surface area contributed by atoms with Crippen LogP contribution in [0.1, 0.15) is 6.42 Å². The molecule has 0 radical (unpaired) electrons. The first-order valence-electron chi connectivity index (χ1n) is 7.91. The molecule has 1 aromatic heterocycles. The van der Waals surface area contributed by atoms with Crippen molar-refractivity contribution in [2.45, 2.75) is 6.42 Å². The number of benzene rings is 1. The third-order valence-corrected chi connectivity index (χ3v) is 4.62. The van der Waals surface area contributed by atoms with Crippen molar-refractivity contribution in [1.29, 1.82) is 0 Å². The van der Waals surface area contributed by atoms with E-state index >= 15 is 0 Å². The van der Waals surface area contributed by atoms with Gasteiger partial charge in [0.2, 0.25) is 11.8 Å². The first-order chi connectivity index (χ1) is 12.2. The molecule has 2 aromatic rings. The Morgan fingerprint density at radius 3 is 2.92 bits per heavy atom. The molecule has 2 amide bonds. The van der Waals surface area contributed by atoms with Crippen LogP contribution < -0.4 is 14.8 Å². The van der Waals surface area contributed by atoms with Crippen LogP contribution in [0.2, 0.25) is 0 Å². The first kappa shape index (κ1) is 17.2. The van der Waals surface area contributed by atoms with Gasteiger partial charge in [-0.25, -0.2) is 4.98 Å². The topological polar surface area (TPSA) is 80.8 Å². The number of rotatable bonds is 7. The molecule has 1 aliphatic heterocycles. The number of aromatic nitrogens is 1. The van der Waals surface area contributed by atoms with Crippen LogP contribution in [0.15, 0.2) is 35.8 Å². The fraction of sp³-hybridized carbons (Fsp3) is 0.353. The summed E-state index contributed by atoms with van der Waals surface area (Å²) in [5.41, 5.74) is 0. The van der Waals surface area contributed by atoms with E-state index in [4.69, 9.17) is 9.47 Å². The van der Waals surface area contributed by atoms with Gasteiger partial charge in [0.25, 0.3) is 0 Å². The van der Waals surface area contributed by atoms with Crippen molar-refractivity contribution in [3.05, 3.63) is 35.8 Å². The molecular weight excluding hydrogens is 342 g/mol. The molecule has 8 heteroatoms. The molecule has 1 aromatic carbocycles. The molecule has 7 nitrogen and oxygen atoms in total. The Morgan fingerprint density at radius 1 is 1.40 bits per heavy atom. The van der Waals surface area contributed by atoms with E-state index in [1.54, 1.807) is 23.6 Å². The van der Waals surface area contributed by atoms with E-state index in [-0.39, 0.29) is 24.2 Å². The summed E-state index contributed by atoms with van der Waals surface area (Å²) < 4.78 is 10.9. The van der Waals surface area contributed by atoms with Crippen LogP contribution >= 0.6 is 11.3 Å². The first-order valence-corrected chi connectivity index (χ1v) is 8.79. The minimum absolute atomic E-state index is 0.0390. The third-order valence-electron chi connectivity index (χ3n) is 3.94. The van der Waals surface area contributed by atoms with Crippen molar-refractivity contribution in [2.24, 2.45) is 5.92 Å². The van der Waals surface area contributed by atoms with Crippen LogP contribution in [-0.2, 0) is 9.59 Å². The Labute approximate surface area is 149 Å². The molecule has 1 atom stereocenters. The summed E-state index contributed by atoms with van der Waals surface area (Å²) in [7, 11) is 1.58. The maximum atomic E-state index is 12.2. The Hall–Kier alpha value is -2.61. The van der Waals surface area contributed by atoms with E-state index in [0.717, 1.165) is 0 Å². The third kappa shape index (κ3) is 4.27. The Bertz CT molecular complexity index is 735. The fourth-order valence-corrected chi connectivity index (χ4v) is 3.19. The number of nitrogens with one attached hydrogen (secondary N) is 1. The van der Waals surface area contributed by atoms with E-state index in [1.807, 2.05) is 24.3 Å². The minimum Gasteiger partial charge on any atom is -0.493 e. The zero-order valence-electron chi connectivity index (χ0n) is 13.8. The second-order valence-corrected chi connectivity index (χ2v) is 6.46. The predicted molar refractivity (Wildman–Crippen MR) is 93.9 cm³/mol. The minimum atomic E-state index is -0.359. The van der Waals surface area contributed by atoms with Gasteiger partial charge in [0, 0.05) is 24.5 Å². The SMILES string of the molecule is COc1ccccc1OCCN1CC(C(=O)Nc2nccs2)CC1=O. The fourth-order valence-electron chi connectivity index (χ4n) is 2.66. The second kappa shape index (κ2) is 7.98. The summed E-state index contributed by atoms with van der Waals surface area (Å²) in [5.74, 6) is 0.715. The number of methoxy groups -OCH3 is 1. The van der Waals surface area contributed by atoms with Crippen molar-refractivity contribution in [2.75, 3.05) is 32.1 Å². The zero-order valence-corrected chi connectivity index (χ0v) is 14.6. The monoisotopic (exact) mass is 361 g/mol. The molecule has 1 saturated heterocycles. The number of ether oxygens (including phenoxy) is 2. The van der Waals surface area contributed by atoms with Gasteiger partial charge < -0.3 is 19.7 Å². The van der Waals surface area contributed by atoms with Crippen molar-refractivity contribution < 1.29 is 19.1 Å². The molecule has 1 N–H and O–H groups in total. The molecule has 2 heterocycles. The average Bonchev–Trinajstić information content (AvgIpc) is 3.25. The smallest absolute Gasteiger partial charge is 0.231 e. The van der Waals surface area contributed by atoms with Gasteiger partial charge in [0.1, 0.15) is 6.61 Å². The average molecular weight is 361 g/mol. The molecule has 132 valence electrons. The molecule has 3 rings (SSSR count). The van der Waals surface area contributed by atoms with Crippen LogP contribution in [-0.4, -0.2) is 48.5 Å². The highest BCUT2D eigenvalue weighted by Gasteiger charge is 2.34. The molecule has 0 spiro atoms. The van der Waals surface area contributed by atoms with Gasteiger partial charge in [-0.15, -0.1) is 11.3 Å². The summed E-state index contributed by atoms with van der Waals surface area (Å²) in [6.45, 7) is 1.16. The van der Waals surface area contributed by atoms with Crippen LogP contribution in [0.25, 0.3) is 0 Å². The van der Waals surface area contributed by atoms with Crippen molar-refractivity contribution in [1.82, 2.24) is 9.88 Å². The number of thiazole rings is 1. The van der Waals surface area contributed by atoms with Gasteiger partial charge in [0.05, 0.1) is 19.6 Å². The van der Waals surface area contributed by atoms with Gasteiger partial charge in [-0.3, -0.25) is 9.59 Å². The largest absolute Gasteiger partial charge is 0.493 e. The number of hydrogen-bond donors (Lipinski definition) is 1. The number of amides is 2. The Morgan fingerprint density at radius 2 is 2.20 bits per heavy atom. The van der Waals surface area contributed by atoms with Gasteiger partial charge >= 0.3 is 0 Å². The molecule has 1 unspecified atom stereocenters. The molecule has 1 fully saturated rings. The number of nitrogens with zero attached hydrogens (tertiary/aromatic N) is 2. The van der Waals surface area contributed by atoms with Gasteiger partial charge in [-0.05, 0) is 12.1 Å². The standard InChI is InChI=1S/C17H19N3O4S/c1-23-13-4-2-3-5-14(13)24-8-7-20-11-12(10-15(20)21)16(22)19-17-18-6-9-25-17/h2-6,9,12H,7-8,10-11H2,1H3,(H,18,19,22). The molecule has 0 saturated carbocycles. The molecule has 0 bridgehead atoms. The maximum Gasteiger partial charge on any atom is 0.231 e. The summed E-state index contributed by atoms with van der Waals surface area (Å²) >= 11 is 1.35. The van der Waals surface area contributed by atoms with E-state index in [9.17, 15) is 9.59 Å². The predicted octanol–water partition coefficient (Wildman–Crippen LogP) is 2.02. The van der Waals surface area contributed by atoms with E-state index < -0.39 is 0 Å². The summed E-state index contributed by atoms with van der Waals surface area (Å²) in [6, 6.07) is 7.35. The number of carbonyl (C=O) groups is 2. The van der Waals surface area contributed by atoms with Gasteiger partial charge in [-0.2, -0.15) is 0 Å². The lowest BCUT2D eigenvalue weighted by atomic mass is 10.1. The lowest BCUT2D eigenvalue weighted by Gasteiger charge is -2.17. The number of likely N-dealkylation sites (tertiary alicyclic amines) is 1.